The van der Waals surface area contributed by atoms with Crippen LogP contribution in [-0.4, -0.2) is 41.9 Å². The van der Waals surface area contributed by atoms with Crippen LogP contribution in [-0.2, 0) is 0 Å². The van der Waals surface area contributed by atoms with Gasteiger partial charge in [-0.05, 0) is 6.07 Å². The van der Waals surface area contributed by atoms with E-state index in [1.165, 1.54) is 23.5 Å². The minimum absolute atomic E-state index is 0.157. The molecule has 0 radical (unpaired) electrons. The molecule has 0 unspecified atom stereocenters. The monoisotopic (exact) mass is 411 g/mol. The maximum absolute atomic E-state index is 12.3. The van der Waals surface area contributed by atoms with Gasteiger partial charge in [-0.15, -0.1) is 0 Å². The van der Waals surface area contributed by atoms with Crippen molar-refractivity contribution in [2.75, 3.05) is 25.1 Å². The summed E-state index contributed by atoms with van der Waals surface area (Å²) in [7, 11) is 0. The number of rotatable bonds is 4. The van der Waals surface area contributed by atoms with Gasteiger partial charge in [-0.2, -0.15) is 13.2 Å². The number of thiazole rings is 1. The van der Waals surface area contributed by atoms with Crippen LogP contribution < -0.4 is 19.5 Å². The molecule has 4 rings (SSSR count). The predicted molar refractivity (Wildman–Crippen MR) is 94.4 cm³/mol. The molecular formula is C17H12F3N3O4S. The number of benzene rings is 1. The number of carbonyl (C=O) groups excluding carboxylic acids is 1. The van der Waals surface area contributed by atoms with Crippen LogP contribution in [0, 0.1) is 0 Å². The molecule has 0 saturated carbocycles. The molecule has 0 spiro atoms. The average molecular weight is 411 g/mol. The fraction of sp³-hybridized carbons (Fsp3) is 0.235. The first-order valence-corrected chi connectivity index (χ1v) is 8.86. The molecule has 1 aliphatic heterocycles. The van der Waals surface area contributed by atoms with Crippen molar-refractivity contribution in [1.82, 2.24) is 9.97 Å². The highest BCUT2D eigenvalue weighted by atomic mass is 32.1. The van der Waals surface area contributed by atoms with Gasteiger partial charge in [0.2, 0.25) is 5.88 Å². The number of hydrogen-bond acceptors (Lipinski definition) is 7. The molecule has 28 heavy (non-hydrogen) atoms. The summed E-state index contributed by atoms with van der Waals surface area (Å²) in [6.07, 6.45) is -3.32. The third kappa shape index (κ3) is 4.09. The SMILES string of the molecule is O=C(Nc1nc2cc3c(cc2s1)OCCO3)c1ccc(OCC(F)(F)F)nc1. The zero-order valence-corrected chi connectivity index (χ0v) is 14.9. The highest BCUT2D eigenvalue weighted by Crippen LogP contribution is 2.37. The molecule has 146 valence electrons. The number of halogens is 3. The number of anilines is 1. The highest BCUT2D eigenvalue weighted by Gasteiger charge is 2.28. The first kappa shape index (κ1) is 18.3. The number of nitrogens with zero attached hydrogens (tertiary/aromatic N) is 2. The second kappa shape index (κ2) is 7.15. The molecule has 0 atom stereocenters. The van der Waals surface area contributed by atoms with Crippen molar-refractivity contribution in [2.24, 2.45) is 0 Å². The first-order valence-electron chi connectivity index (χ1n) is 8.04. The van der Waals surface area contributed by atoms with Gasteiger partial charge in [0.15, 0.2) is 23.2 Å². The van der Waals surface area contributed by atoms with Gasteiger partial charge in [-0.25, -0.2) is 9.97 Å². The molecular weight excluding hydrogens is 399 g/mol. The van der Waals surface area contributed by atoms with E-state index in [4.69, 9.17) is 9.47 Å². The second-order valence-electron chi connectivity index (χ2n) is 5.73. The number of nitrogens with one attached hydrogen (secondary N) is 1. The third-order valence-electron chi connectivity index (χ3n) is 3.66. The number of ether oxygens (including phenoxy) is 3. The van der Waals surface area contributed by atoms with Crippen LogP contribution in [0.5, 0.6) is 17.4 Å². The van der Waals surface area contributed by atoms with Gasteiger partial charge in [-0.3, -0.25) is 10.1 Å². The highest BCUT2D eigenvalue weighted by molar-refractivity contribution is 7.22. The fourth-order valence-electron chi connectivity index (χ4n) is 2.44. The van der Waals surface area contributed by atoms with Crippen LogP contribution in [0.1, 0.15) is 10.4 Å². The van der Waals surface area contributed by atoms with Crippen LogP contribution in [0.25, 0.3) is 10.2 Å². The van der Waals surface area contributed by atoms with Gasteiger partial charge in [-0.1, -0.05) is 11.3 Å². The zero-order valence-electron chi connectivity index (χ0n) is 14.1. The van der Waals surface area contributed by atoms with E-state index in [0.29, 0.717) is 35.4 Å². The van der Waals surface area contributed by atoms with Gasteiger partial charge >= 0.3 is 6.18 Å². The van der Waals surface area contributed by atoms with E-state index in [9.17, 15) is 18.0 Å². The predicted octanol–water partition coefficient (Wildman–Crippen LogP) is 3.66. The molecule has 7 nitrogen and oxygen atoms in total. The quantitative estimate of drug-likeness (QED) is 0.706. The van der Waals surface area contributed by atoms with Crippen LogP contribution in [0.2, 0.25) is 0 Å². The largest absolute Gasteiger partial charge is 0.486 e. The minimum atomic E-state index is -4.46. The van der Waals surface area contributed by atoms with Gasteiger partial charge in [0, 0.05) is 24.4 Å². The molecule has 3 heterocycles. The molecule has 0 saturated heterocycles. The summed E-state index contributed by atoms with van der Waals surface area (Å²) in [5.41, 5.74) is 0.808. The minimum Gasteiger partial charge on any atom is -0.486 e. The van der Waals surface area contributed by atoms with E-state index in [0.717, 1.165) is 10.9 Å². The molecule has 1 aromatic carbocycles. The Morgan fingerprint density at radius 3 is 2.64 bits per heavy atom. The van der Waals surface area contributed by atoms with Crippen molar-refractivity contribution in [3.63, 3.8) is 0 Å². The number of carbonyl (C=O) groups is 1. The Balaban J connectivity index is 1.45. The molecule has 0 bridgehead atoms. The van der Waals surface area contributed by atoms with Gasteiger partial charge < -0.3 is 14.2 Å². The van der Waals surface area contributed by atoms with Crippen molar-refractivity contribution in [1.29, 1.82) is 0 Å². The van der Waals surface area contributed by atoms with Crippen LogP contribution in [0.15, 0.2) is 30.5 Å². The summed E-state index contributed by atoms with van der Waals surface area (Å²) in [4.78, 5) is 20.4. The number of alkyl halides is 3. The lowest BCUT2D eigenvalue weighted by atomic mass is 10.2. The molecule has 1 N–H and O–H groups in total. The Kier molecular flexibility index (Phi) is 4.67. The number of pyridine rings is 1. The van der Waals surface area contributed by atoms with E-state index >= 15 is 0 Å². The van der Waals surface area contributed by atoms with Crippen LogP contribution in [0.3, 0.4) is 0 Å². The maximum atomic E-state index is 12.3. The summed E-state index contributed by atoms with van der Waals surface area (Å²) in [6, 6.07) is 6.05. The van der Waals surface area contributed by atoms with Crippen molar-refractivity contribution >= 4 is 32.6 Å². The summed E-state index contributed by atoms with van der Waals surface area (Å²) in [6.45, 7) is -0.521. The Bertz CT molecular complexity index is 978. The van der Waals surface area contributed by atoms with Gasteiger partial charge in [0.05, 0.1) is 15.8 Å². The van der Waals surface area contributed by atoms with Crippen LogP contribution in [0.4, 0.5) is 18.3 Å². The average Bonchev–Trinajstić information content (AvgIpc) is 3.05. The number of aromatic nitrogens is 2. The normalized spacial score (nSPS) is 13.4. The molecule has 2 aromatic heterocycles. The van der Waals surface area contributed by atoms with E-state index in [1.807, 2.05) is 0 Å². The maximum Gasteiger partial charge on any atom is 0.422 e. The molecule has 3 aromatic rings. The molecule has 0 aliphatic carbocycles. The standard InChI is InChI=1S/C17H12F3N3O4S/c18-17(19,20)8-27-14-2-1-9(7-21-14)15(24)23-16-22-10-5-11-12(6-13(10)28-16)26-4-3-25-11/h1-2,5-7H,3-4,8H2,(H,22,23,24). The van der Waals surface area contributed by atoms with Gasteiger partial charge in [0.1, 0.15) is 13.2 Å². The van der Waals surface area contributed by atoms with E-state index < -0.39 is 18.7 Å². The van der Waals surface area contributed by atoms with Crippen molar-refractivity contribution < 1.29 is 32.2 Å². The molecule has 0 fully saturated rings. The Morgan fingerprint density at radius 2 is 1.96 bits per heavy atom. The van der Waals surface area contributed by atoms with Crippen LogP contribution >= 0.6 is 11.3 Å². The summed E-state index contributed by atoms with van der Waals surface area (Å²) >= 11 is 1.26. The molecule has 1 aliphatic rings. The summed E-state index contributed by atoms with van der Waals surface area (Å²) in [5, 5.41) is 3.00. The lowest BCUT2D eigenvalue weighted by Gasteiger charge is -2.17. The third-order valence-corrected chi connectivity index (χ3v) is 4.59. The van der Waals surface area contributed by atoms with Crippen molar-refractivity contribution in [3.8, 4) is 17.4 Å². The Labute approximate surface area is 160 Å². The second-order valence-corrected chi connectivity index (χ2v) is 6.76. The number of hydrogen-bond donors (Lipinski definition) is 1. The van der Waals surface area contributed by atoms with E-state index in [2.05, 4.69) is 20.0 Å². The van der Waals surface area contributed by atoms with Gasteiger partial charge in [0.25, 0.3) is 5.91 Å². The van der Waals surface area contributed by atoms with E-state index in [-0.39, 0.29) is 11.4 Å². The van der Waals surface area contributed by atoms with E-state index in [1.54, 1.807) is 12.1 Å². The topological polar surface area (TPSA) is 82.6 Å². The summed E-state index contributed by atoms with van der Waals surface area (Å²) in [5.74, 6) is 0.505. The number of amides is 1. The number of fused-ring (bicyclic) bond motifs is 2. The smallest absolute Gasteiger partial charge is 0.422 e. The molecule has 11 heteroatoms. The fourth-order valence-corrected chi connectivity index (χ4v) is 3.31. The van der Waals surface area contributed by atoms with Crippen molar-refractivity contribution in [3.05, 3.63) is 36.0 Å². The molecule has 1 amide bonds. The van der Waals surface area contributed by atoms with Crippen molar-refractivity contribution in [2.45, 2.75) is 6.18 Å². The lowest BCUT2D eigenvalue weighted by molar-refractivity contribution is -0.154. The summed E-state index contributed by atoms with van der Waals surface area (Å²) < 4.78 is 52.8. The Morgan fingerprint density at radius 1 is 1.21 bits per heavy atom. The zero-order chi connectivity index (χ0) is 19.7. The first-order chi connectivity index (χ1) is 13.4. The Hall–Kier alpha value is -3.08. The lowest BCUT2D eigenvalue weighted by Crippen LogP contribution is -2.19.